The van der Waals surface area contributed by atoms with Gasteiger partial charge in [-0.05, 0) is 24.1 Å². The maximum absolute atomic E-state index is 11.7. The van der Waals surface area contributed by atoms with Gasteiger partial charge in [-0.2, -0.15) is 9.90 Å². The summed E-state index contributed by atoms with van der Waals surface area (Å²) in [6, 6.07) is 5.71. The van der Waals surface area contributed by atoms with Crippen molar-refractivity contribution in [2.45, 2.75) is 12.8 Å². The summed E-state index contributed by atoms with van der Waals surface area (Å²) < 4.78 is 0. The number of nitrogen functional groups attached to an aromatic ring is 1. The number of carbonyl (C=O) groups excluding carboxylic acids is 1. The minimum atomic E-state index is 0. The first-order valence-electron chi connectivity index (χ1n) is 4.97. The number of halogens is 1. The summed E-state index contributed by atoms with van der Waals surface area (Å²) in [7, 11) is 0. The topological polar surface area (TPSA) is 46.3 Å². The summed E-state index contributed by atoms with van der Waals surface area (Å²) in [4.78, 5) is 13.5. The molecule has 1 aromatic carbocycles. The van der Waals surface area contributed by atoms with Crippen molar-refractivity contribution in [3.05, 3.63) is 23.8 Å². The Labute approximate surface area is 104 Å². The van der Waals surface area contributed by atoms with Crippen LogP contribution < -0.4 is 10.6 Å². The number of nitrogens with zero attached hydrogens (tertiary/aromatic N) is 1. The van der Waals surface area contributed by atoms with Gasteiger partial charge in [0.05, 0.1) is 0 Å². The Morgan fingerprint density at radius 2 is 2.25 bits per heavy atom. The van der Waals surface area contributed by atoms with Crippen molar-refractivity contribution in [3.63, 3.8) is 0 Å². The van der Waals surface area contributed by atoms with E-state index in [0.29, 0.717) is 18.0 Å². The molecule has 1 aliphatic rings. The van der Waals surface area contributed by atoms with Crippen LogP contribution in [-0.4, -0.2) is 18.3 Å². The smallest absolute Gasteiger partial charge is 0.228 e. The fourth-order valence-corrected chi connectivity index (χ4v) is 2.03. The molecule has 2 N–H and O–H groups in total. The maximum atomic E-state index is 11.7. The lowest BCUT2D eigenvalue weighted by atomic mass is 10.1. The lowest BCUT2D eigenvalue weighted by Gasteiger charge is -2.16. The molecule has 0 aromatic heterocycles. The fourth-order valence-electron chi connectivity index (χ4n) is 1.87. The van der Waals surface area contributed by atoms with Crippen molar-refractivity contribution in [2.24, 2.45) is 0 Å². The third-order valence-electron chi connectivity index (χ3n) is 2.61. The van der Waals surface area contributed by atoms with E-state index in [2.05, 4.69) is 0 Å². The summed E-state index contributed by atoms with van der Waals surface area (Å²) in [5.41, 5.74) is 8.53. The predicted molar refractivity (Wildman–Crippen MR) is 73.4 cm³/mol. The highest BCUT2D eigenvalue weighted by Crippen LogP contribution is 2.30. The van der Waals surface area contributed by atoms with E-state index in [-0.39, 0.29) is 15.8 Å². The van der Waals surface area contributed by atoms with Gasteiger partial charge in [0, 0.05) is 30.2 Å². The fraction of sp³-hybridized carbons (Fsp3) is 0.364. The van der Waals surface area contributed by atoms with E-state index in [1.165, 1.54) is 5.56 Å². The zero-order chi connectivity index (χ0) is 10.8. The minimum Gasteiger partial charge on any atom is -0.399 e. The van der Waals surface area contributed by atoms with Crippen LogP contribution in [0.15, 0.2) is 18.2 Å². The number of carbonyl (C=O) groups is 1. The Morgan fingerprint density at radius 1 is 1.50 bits per heavy atom. The number of alkyl halides is 1. The molecule has 1 heterocycles. The van der Waals surface area contributed by atoms with E-state index in [0.717, 1.165) is 18.7 Å². The zero-order valence-electron chi connectivity index (χ0n) is 9.08. The molecule has 0 aliphatic carbocycles. The molecule has 5 heteroatoms. The number of hydrogen-bond donors (Lipinski definition) is 1. The highest BCUT2D eigenvalue weighted by atomic mass is 35.5. The molecule has 1 atom stereocenters. The lowest BCUT2D eigenvalue weighted by molar-refractivity contribution is -0.118. The SMILES string of the molecule is Nc1ccc2c(c1)N(C(=O)CCCl)CC2.P. The molecular weight excluding hydrogens is 243 g/mol. The average molecular weight is 259 g/mol. The third-order valence-corrected chi connectivity index (χ3v) is 2.80. The van der Waals surface area contributed by atoms with Crippen LogP contribution in [-0.2, 0) is 11.2 Å². The average Bonchev–Trinajstić information content (AvgIpc) is 2.60. The van der Waals surface area contributed by atoms with Gasteiger partial charge in [0.2, 0.25) is 5.91 Å². The molecule has 88 valence electrons. The van der Waals surface area contributed by atoms with Gasteiger partial charge >= 0.3 is 0 Å². The summed E-state index contributed by atoms with van der Waals surface area (Å²) in [5.74, 6) is 0.446. The first-order chi connectivity index (χ1) is 7.22. The Bertz CT molecular complexity index is 398. The van der Waals surface area contributed by atoms with E-state index in [9.17, 15) is 4.79 Å². The minimum absolute atomic E-state index is 0. The molecular formula is C11H16ClN2OP. The highest BCUT2D eigenvalue weighted by Gasteiger charge is 2.23. The van der Waals surface area contributed by atoms with Crippen molar-refractivity contribution >= 4 is 38.8 Å². The lowest BCUT2D eigenvalue weighted by Crippen LogP contribution is -2.28. The molecule has 1 unspecified atom stereocenters. The predicted octanol–water partition coefficient (Wildman–Crippen LogP) is 1.84. The van der Waals surface area contributed by atoms with Crippen LogP contribution in [0.4, 0.5) is 11.4 Å². The second-order valence-corrected chi connectivity index (χ2v) is 4.00. The van der Waals surface area contributed by atoms with Crippen LogP contribution in [0.1, 0.15) is 12.0 Å². The van der Waals surface area contributed by atoms with Crippen LogP contribution in [0.2, 0.25) is 0 Å². The molecule has 0 fully saturated rings. The number of benzene rings is 1. The van der Waals surface area contributed by atoms with Gasteiger partial charge < -0.3 is 10.6 Å². The molecule has 0 saturated heterocycles. The van der Waals surface area contributed by atoms with Gasteiger partial charge in [-0.25, -0.2) is 0 Å². The normalized spacial score (nSPS) is 13.2. The molecule has 0 radical (unpaired) electrons. The molecule has 3 nitrogen and oxygen atoms in total. The quantitative estimate of drug-likeness (QED) is 0.500. The number of anilines is 2. The van der Waals surface area contributed by atoms with E-state index < -0.39 is 0 Å². The van der Waals surface area contributed by atoms with Gasteiger partial charge in [-0.1, -0.05) is 6.07 Å². The van der Waals surface area contributed by atoms with E-state index >= 15 is 0 Å². The van der Waals surface area contributed by atoms with E-state index in [1.807, 2.05) is 18.2 Å². The number of rotatable bonds is 2. The molecule has 1 amide bonds. The van der Waals surface area contributed by atoms with Gasteiger partial charge in [0.15, 0.2) is 0 Å². The number of amides is 1. The van der Waals surface area contributed by atoms with Crippen LogP contribution in [0.3, 0.4) is 0 Å². The summed E-state index contributed by atoms with van der Waals surface area (Å²) in [6.07, 6.45) is 1.29. The first kappa shape index (κ1) is 13.3. The van der Waals surface area contributed by atoms with Crippen molar-refractivity contribution < 1.29 is 4.79 Å². The summed E-state index contributed by atoms with van der Waals surface area (Å²) in [5, 5.41) is 0. The standard InChI is InChI=1S/C11H13ClN2O.H3P/c12-5-3-11(15)14-6-4-8-1-2-9(13)7-10(8)14;/h1-2,7H,3-6,13H2;1H3. The number of hydrogen-bond acceptors (Lipinski definition) is 2. The Balaban J connectivity index is 0.00000128. The highest BCUT2D eigenvalue weighted by molar-refractivity contribution is 6.92. The summed E-state index contributed by atoms with van der Waals surface area (Å²) in [6.45, 7) is 0.745. The molecule has 0 saturated carbocycles. The van der Waals surface area contributed by atoms with Gasteiger partial charge in [0.25, 0.3) is 0 Å². The Kier molecular flexibility index (Phi) is 4.57. The van der Waals surface area contributed by atoms with Crippen LogP contribution in [0.5, 0.6) is 0 Å². The maximum Gasteiger partial charge on any atom is 0.228 e. The van der Waals surface area contributed by atoms with Gasteiger partial charge in [0.1, 0.15) is 0 Å². The summed E-state index contributed by atoms with van der Waals surface area (Å²) >= 11 is 5.56. The molecule has 0 bridgehead atoms. The molecule has 1 aromatic rings. The number of nitrogens with two attached hydrogens (primary N) is 1. The van der Waals surface area contributed by atoms with Crippen molar-refractivity contribution in [1.29, 1.82) is 0 Å². The van der Waals surface area contributed by atoms with E-state index in [4.69, 9.17) is 17.3 Å². The van der Waals surface area contributed by atoms with Gasteiger partial charge in [-0.3, -0.25) is 4.79 Å². The second-order valence-electron chi connectivity index (χ2n) is 3.62. The van der Waals surface area contributed by atoms with E-state index in [1.54, 1.807) is 4.90 Å². The van der Waals surface area contributed by atoms with Crippen molar-refractivity contribution in [1.82, 2.24) is 0 Å². The third kappa shape index (κ3) is 2.47. The van der Waals surface area contributed by atoms with Crippen molar-refractivity contribution in [2.75, 3.05) is 23.1 Å². The molecule has 16 heavy (non-hydrogen) atoms. The molecule has 0 spiro atoms. The Morgan fingerprint density at radius 3 is 2.94 bits per heavy atom. The first-order valence-corrected chi connectivity index (χ1v) is 5.50. The Hall–Kier alpha value is -0.790. The van der Waals surface area contributed by atoms with Gasteiger partial charge in [-0.15, -0.1) is 11.6 Å². The second kappa shape index (κ2) is 5.51. The monoisotopic (exact) mass is 258 g/mol. The largest absolute Gasteiger partial charge is 0.399 e. The van der Waals surface area contributed by atoms with Crippen LogP contribution in [0, 0.1) is 0 Å². The van der Waals surface area contributed by atoms with Crippen LogP contribution >= 0.6 is 21.5 Å². The number of fused-ring (bicyclic) bond motifs is 1. The van der Waals surface area contributed by atoms with Crippen molar-refractivity contribution in [3.8, 4) is 0 Å². The molecule has 2 rings (SSSR count). The zero-order valence-corrected chi connectivity index (χ0v) is 11.2. The molecule has 1 aliphatic heterocycles. The van der Waals surface area contributed by atoms with Crippen LogP contribution in [0.25, 0.3) is 0 Å².